The highest BCUT2D eigenvalue weighted by Gasteiger charge is 2.14. The van der Waals surface area contributed by atoms with Gasteiger partial charge >= 0.3 is 0 Å². The molecule has 124 valence electrons. The second-order valence-electron chi connectivity index (χ2n) is 5.27. The lowest BCUT2D eigenvalue weighted by Crippen LogP contribution is -2.01. The Kier molecular flexibility index (Phi) is 4.71. The van der Waals surface area contributed by atoms with Crippen molar-refractivity contribution >= 4 is 17.2 Å². The van der Waals surface area contributed by atoms with Crippen molar-refractivity contribution in [3.63, 3.8) is 0 Å². The number of amidine groups is 1. The Labute approximate surface area is 145 Å². The van der Waals surface area contributed by atoms with Crippen LogP contribution in [0.3, 0.4) is 0 Å². The van der Waals surface area contributed by atoms with Crippen LogP contribution in [-0.2, 0) is 0 Å². The van der Waals surface area contributed by atoms with E-state index in [0.717, 1.165) is 5.56 Å². The SMILES string of the molecule is NN=NC(=Nc1ccccc1N)c1ccccc1-c1ccccc1O. The van der Waals surface area contributed by atoms with Gasteiger partial charge < -0.3 is 16.7 Å². The van der Waals surface area contributed by atoms with Gasteiger partial charge in [0, 0.05) is 11.1 Å². The fourth-order valence-corrected chi connectivity index (χ4v) is 2.51. The van der Waals surface area contributed by atoms with Gasteiger partial charge in [-0.25, -0.2) is 4.99 Å². The van der Waals surface area contributed by atoms with Crippen LogP contribution in [-0.4, -0.2) is 10.9 Å². The van der Waals surface area contributed by atoms with Gasteiger partial charge in [0.25, 0.3) is 0 Å². The molecule has 0 spiro atoms. The molecule has 0 fully saturated rings. The van der Waals surface area contributed by atoms with Crippen molar-refractivity contribution in [3.05, 3.63) is 78.4 Å². The summed E-state index contributed by atoms with van der Waals surface area (Å²) in [6.07, 6.45) is 0. The average molecular weight is 331 g/mol. The number of nitrogens with zero attached hydrogens (tertiary/aromatic N) is 3. The third-order valence-corrected chi connectivity index (χ3v) is 3.68. The largest absolute Gasteiger partial charge is 0.507 e. The maximum Gasteiger partial charge on any atom is 0.184 e. The highest BCUT2D eigenvalue weighted by Crippen LogP contribution is 2.32. The molecule has 0 unspecified atom stereocenters. The highest BCUT2D eigenvalue weighted by atomic mass is 16.3. The van der Waals surface area contributed by atoms with Crippen LogP contribution in [0.5, 0.6) is 5.75 Å². The van der Waals surface area contributed by atoms with Gasteiger partial charge in [-0.1, -0.05) is 59.8 Å². The number of phenolic OH excluding ortho intramolecular Hbond substituents is 1. The van der Waals surface area contributed by atoms with E-state index >= 15 is 0 Å². The number of para-hydroxylation sites is 3. The smallest absolute Gasteiger partial charge is 0.184 e. The van der Waals surface area contributed by atoms with E-state index in [9.17, 15) is 5.11 Å². The van der Waals surface area contributed by atoms with E-state index in [-0.39, 0.29) is 5.75 Å². The molecule has 5 N–H and O–H groups in total. The lowest BCUT2D eigenvalue weighted by Gasteiger charge is -2.10. The molecule has 0 saturated carbocycles. The summed E-state index contributed by atoms with van der Waals surface area (Å²) < 4.78 is 0. The molecule has 0 aliphatic heterocycles. The molecule has 0 amide bonds. The van der Waals surface area contributed by atoms with Crippen LogP contribution < -0.4 is 11.6 Å². The molecule has 25 heavy (non-hydrogen) atoms. The first kappa shape index (κ1) is 16.2. The first-order valence-corrected chi connectivity index (χ1v) is 7.62. The molecule has 3 aromatic carbocycles. The highest BCUT2D eigenvalue weighted by molar-refractivity contribution is 6.06. The zero-order valence-electron chi connectivity index (χ0n) is 13.4. The maximum absolute atomic E-state index is 10.2. The van der Waals surface area contributed by atoms with E-state index in [2.05, 4.69) is 15.3 Å². The number of phenols is 1. The molecule has 3 rings (SSSR count). The summed E-state index contributed by atoms with van der Waals surface area (Å²) in [6.45, 7) is 0. The third kappa shape index (κ3) is 3.48. The van der Waals surface area contributed by atoms with Gasteiger partial charge in [-0.05, 0) is 23.8 Å². The van der Waals surface area contributed by atoms with Crippen LogP contribution >= 0.6 is 0 Å². The second kappa shape index (κ2) is 7.27. The summed E-state index contributed by atoms with van der Waals surface area (Å²) in [5.41, 5.74) is 9.17. The van der Waals surface area contributed by atoms with Gasteiger partial charge in [-0.3, -0.25) is 0 Å². The number of anilines is 1. The van der Waals surface area contributed by atoms with E-state index in [4.69, 9.17) is 11.6 Å². The van der Waals surface area contributed by atoms with Crippen molar-refractivity contribution in [3.8, 4) is 16.9 Å². The molecule has 6 heteroatoms. The van der Waals surface area contributed by atoms with Crippen molar-refractivity contribution in [1.82, 2.24) is 0 Å². The fourth-order valence-electron chi connectivity index (χ4n) is 2.51. The molecule has 0 aliphatic rings. The zero-order valence-corrected chi connectivity index (χ0v) is 13.4. The minimum atomic E-state index is 0.165. The van der Waals surface area contributed by atoms with Gasteiger partial charge in [-0.15, -0.1) is 5.11 Å². The molecule has 0 saturated heterocycles. The molecule has 0 aliphatic carbocycles. The van der Waals surface area contributed by atoms with Gasteiger partial charge in [0.05, 0.1) is 11.4 Å². The lowest BCUT2D eigenvalue weighted by molar-refractivity contribution is 0.477. The van der Waals surface area contributed by atoms with Crippen molar-refractivity contribution in [2.75, 3.05) is 5.73 Å². The van der Waals surface area contributed by atoms with Gasteiger partial charge in [0.2, 0.25) is 0 Å². The van der Waals surface area contributed by atoms with Crippen molar-refractivity contribution in [1.29, 1.82) is 0 Å². The standard InChI is InChI=1S/C19H17N5O/c20-16-10-4-5-11-17(16)22-19(23-24-21)15-9-2-1-7-13(15)14-8-3-6-12-18(14)25/h1-12,25H,20H2,(H2,21,22,23). The van der Waals surface area contributed by atoms with Crippen LogP contribution in [0.4, 0.5) is 11.4 Å². The van der Waals surface area contributed by atoms with E-state index < -0.39 is 0 Å². The van der Waals surface area contributed by atoms with Crippen LogP contribution in [0.1, 0.15) is 5.56 Å². The molecule has 3 aromatic rings. The summed E-state index contributed by atoms with van der Waals surface area (Å²) in [7, 11) is 0. The number of hydrogen-bond donors (Lipinski definition) is 3. The number of hydrogen-bond acceptors (Lipinski definition) is 4. The quantitative estimate of drug-likeness (QED) is 0.168. The Balaban J connectivity index is 2.20. The van der Waals surface area contributed by atoms with Crippen LogP contribution in [0.2, 0.25) is 0 Å². The number of benzene rings is 3. The number of rotatable bonds is 3. The van der Waals surface area contributed by atoms with Crippen molar-refractivity contribution in [2.45, 2.75) is 0 Å². The predicted molar refractivity (Wildman–Crippen MR) is 99.6 cm³/mol. The Hall–Kier alpha value is -3.67. The van der Waals surface area contributed by atoms with Crippen molar-refractivity contribution < 1.29 is 5.11 Å². The fraction of sp³-hybridized carbons (Fsp3) is 0. The number of nitrogen functional groups attached to an aromatic ring is 1. The Bertz CT molecular complexity index is 950. The molecular formula is C19H17N5O. The van der Waals surface area contributed by atoms with E-state index in [1.165, 1.54) is 0 Å². The average Bonchev–Trinajstić information content (AvgIpc) is 2.64. The van der Waals surface area contributed by atoms with Crippen molar-refractivity contribution in [2.24, 2.45) is 21.2 Å². The summed E-state index contributed by atoms with van der Waals surface area (Å²) in [6, 6.07) is 21.7. The van der Waals surface area contributed by atoms with Crippen LogP contribution in [0.15, 0.2) is 88.1 Å². The normalized spacial score (nSPS) is 11.8. The Morgan fingerprint density at radius 1 is 0.800 bits per heavy atom. The van der Waals surface area contributed by atoms with E-state index in [1.807, 2.05) is 48.5 Å². The first-order chi connectivity index (χ1) is 12.2. The topological polar surface area (TPSA) is 109 Å². The first-order valence-electron chi connectivity index (χ1n) is 7.62. The number of aliphatic imine (C=N–C) groups is 1. The lowest BCUT2D eigenvalue weighted by atomic mass is 9.98. The summed E-state index contributed by atoms with van der Waals surface area (Å²) in [5, 5.41) is 17.5. The molecule has 0 atom stereocenters. The molecule has 6 nitrogen and oxygen atoms in total. The summed E-state index contributed by atoms with van der Waals surface area (Å²) in [5.74, 6) is 5.74. The summed E-state index contributed by atoms with van der Waals surface area (Å²) >= 11 is 0. The molecular weight excluding hydrogens is 314 g/mol. The minimum Gasteiger partial charge on any atom is -0.507 e. The van der Waals surface area contributed by atoms with Crippen LogP contribution in [0.25, 0.3) is 11.1 Å². The molecule has 0 heterocycles. The Morgan fingerprint density at radius 3 is 2.16 bits per heavy atom. The van der Waals surface area contributed by atoms with Crippen LogP contribution in [0, 0.1) is 0 Å². The van der Waals surface area contributed by atoms with E-state index in [0.29, 0.717) is 28.3 Å². The van der Waals surface area contributed by atoms with Gasteiger partial charge in [-0.2, -0.15) is 0 Å². The number of aromatic hydroxyl groups is 1. The van der Waals surface area contributed by atoms with E-state index in [1.54, 1.807) is 24.3 Å². The molecule has 0 radical (unpaired) electrons. The van der Waals surface area contributed by atoms with Gasteiger partial charge in [0.15, 0.2) is 5.84 Å². The van der Waals surface area contributed by atoms with Gasteiger partial charge in [0.1, 0.15) is 5.75 Å². The number of nitrogens with two attached hydrogens (primary N) is 2. The molecule has 0 aromatic heterocycles. The third-order valence-electron chi connectivity index (χ3n) is 3.68. The monoisotopic (exact) mass is 331 g/mol. The Morgan fingerprint density at radius 2 is 1.44 bits per heavy atom. The predicted octanol–water partition coefficient (Wildman–Crippen LogP) is 4.05. The maximum atomic E-state index is 10.2. The molecule has 0 bridgehead atoms. The second-order valence-corrected chi connectivity index (χ2v) is 5.27. The summed E-state index contributed by atoms with van der Waals surface area (Å²) in [4.78, 5) is 4.50. The zero-order chi connectivity index (χ0) is 17.6. The minimum absolute atomic E-state index is 0.165.